The van der Waals surface area contributed by atoms with Gasteiger partial charge in [0.05, 0.1) is 21.3 Å². The molecule has 2 rings (SSSR count). The third kappa shape index (κ3) is 2.79. The van der Waals surface area contributed by atoms with Crippen molar-refractivity contribution in [1.29, 1.82) is 0 Å². The maximum absolute atomic E-state index is 5.88. The van der Waals surface area contributed by atoms with Gasteiger partial charge in [0.2, 0.25) is 5.75 Å². The van der Waals surface area contributed by atoms with Crippen molar-refractivity contribution < 1.29 is 18.9 Å². The zero-order chi connectivity index (χ0) is 14.5. The van der Waals surface area contributed by atoms with Gasteiger partial charge in [0, 0.05) is 12.1 Å². The molecule has 0 fully saturated rings. The van der Waals surface area contributed by atoms with Gasteiger partial charge in [-0.05, 0) is 18.6 Å². The van der Waals surface area contributed by atoms with Crippen molar-refractivity contribution in [1.82, 2.24) is 0 Å². The highest BCUT2D eigenvalue weighted by atomic mass is 16.5. The second-order valence-corrected chi connectivity index (χ2v) is 4.23. The molecule has 4 nitrogen and oxygen atoms in total. The molecule has 0 aliphatic rings. The first kappa shape index (κ1) is 14.1. The fraction of sp³-hybridized carbons (Fsp3) is 0.250. The Hall–Kier alpha value is -2.36. The molecule has 0 N–H and O–H groups in total. The average Bonchev–Trinajstić information content (AvgIpc) is 2.48. The van der Waals surface area contributed by atoms with Crippen molar-refractivity contribution in [3.63, 3.8) is 0 Å². The lowest BCUT2D eigenvalue weighted by Crippen LogP contribution is -1.96. The monoisotopic (exact) mass is 274 g/mol. The molecule has 0 spiro atoms. The van der Waals surface area contributed by atoms with E-state index in [2.05, 4.69) is 0 Å². The molecule has 0 aliphatic heterocycles. The predicted octanol–water partition coefficient (Wildman–Crippen LogP) is 3.81. The van der Waals surface area contributed by atoms with E-state index in [0.717, 1.165) is 11.3 Å². The van der Waals surface area contributed by atoms with Crippen LogP contribution < -0.4 is 18.9 Å². The minimum atomic E-state index is 0.548. The highest BCUT2D eigenvalue weighted by Gasteiger charge is 2.14. The van der Waals surface area contributed by atoms with Crippen LogP contribution in [-0.4, -0.2) is 21.3 Å². The maximum atomic E-state index is 5.88. The first-order valence-electron chi connectivity index (χ1n) is 6.23. The minimum Gasteiger partial charge on any atom is -0.493 e. The smallest absolute Gasteiger partial charge is 0.203 e. The van der Waals surface area contributed by atoms with E-state index in [1.165, 1.54) is 0 Å². The van der Waals surface area contributed by atoms with Crippen molar-refractivity contribution in [2.75, 3.05) is 21.3 Å². The molecular formula is C16H18O4. The van der Waals surface area contributed by atoms with E-state index >= 15 is 0 Å². The van der Waals surface area contributed by atoms with E-state index in [0.29, 0.717) is 23.0 Å². The number of para-hydroxylation sites is 1. The predicted molar refractivity (Wildman–Crippen MR) is 77.4 cm³/mol. The summed E-state index contributed by atoms with van der Waals surface area (Å²) < 4.78 is 21.8. The Labute approximate surface area is 118 Å². The van der Waals surface area contributed by atoms with Crippen molar-refractivity contribution >= 4 is 0 Å². The Morgan fingerprint density at radius 3 is 1.85 bits per heavy atom. The number of benzene rings is 2. The number of methoxy groups -OCH3 is 3. The summed E-state index contributed by atoms with van der Waals surface area (Å²) in [5.41, 5.74) is 1.06. The lowest BCUT2D eigenvalue weighted by Gasteiger charge is -2.15. The second kappa shape index (κ2) is 6.19. The highest BCUT2D eigenvalue weighted by molar-refractivity contribution is 5.56. The molecule has 0 amide bonds. The lowest BCUT2D eigenvalue weighted by atomic mass is 10.2. The Morgan fingerprint density at radius 1 is 0.750 bits per heavy atom. The minimum absolute atomic E-state index is 0.548. The second-order valence-electron chi connectivity index (χ2n) is 4.23. The van der Waals surface area contributed by atoms with Crippen LogP contribution in [0.15, 0.2) is 36.4 Å². The van der Waals surface area contributed by atoms with Crippen molar-refractivity contribution in [3.8, 4) is 28.7 Å². The molecule has 4 heteroatoms. The van der Waals surface area contributed by atoms with E-state index in [9.17, 15) is 0 Å². The Bertz CT molecular complexity index is 568. The van der Waals surface area contributed by atoms with Crippen molar-refractivity contribution in [2.24, 2.45) is 0 Å². The molecule has 0 radical (unpaired) electrons. The summed E-state index contributed by atoms with van der Waals surface area (Å²) in [7, 11) is 4.73. The van der Waals surface area contributed by atoms with E-state index in [1.54, 1.807) is 33.5 Å². The van der Waals surface area contributed by atoms with Crippen LogP contribution in [0.1, 0.15) is 5.56 Å². The maximum Gasteiger partial charge on any atom is 0.203 e. The highest BCUT2D eigenvalue weighted by Crippen LogP contribution is 2.42. The summed E-state index contributed by atoms with van der Waals surface area (Å²) >= 11 is 0. The fourth-order valence-electron chi connectivity index (χ4n) is 1.91. The van der Waals surface area contributed by atoms with Crippen molar-refractivity contribution in [3.05, 3.63) is 42.0 Å². The summed E-state index contributed by atoms with van der Waals surface area (Å²) in [6.45, 7) is 1.99. The Morgan fingerprint density at radius 2 is 1.35 bits per heavy atom. The van der Waals surface area contributed by atoms with E-state index < -0.39 is 0 Å². The molecule has 2 aromatic carbocycles. The van der Waals surface area contributed by atoms with Gasteiger partial charge in [-0.15, -0.1) is 0 Å². The lowest BCUT2D eigenvalue weighted by molar-refractivity contribution is 0.321. The van der Waals surface area contributed by atoms with Crippen LogP contribution in [0.4, 0.5) is 0 Å². The van der Waals surface area contributed by atoms with Crippen LogP contribution in [0.5, 0.6) is 28.7 Å². The quantitative estimate of drug-likeness (QED) is 0.830. The molecule has 2 aromatic rings. The summed E-state index contributed by atoms with van der Waals surface area (Å²) in [6, 6.07) is 11.4. The van der Waals surface area contributed by atoms with Crippen LogP contribution in [0.2, 0.25) is 0 Å². The molecular weight excluding hydrogens is 256 g/mol. The summed E-state index contributed by atoms with van der Waals surface area (Å²) in [5, 5.41) is 0. The van der Waals surface area contributed by atoms with Crippen LogP contribution in [0.3, 0.4) is 0 Å². The average molecular weight is 274 g/mol. The number of hydrogen-bond acceptors (Lipinski definition) is 4. The Kier molecular flexibility index (Phi) is 4.35. The summed E-state index contributed by atoms with van der Waals surface area (Å²) in [4.78, 5) is 0. The van der Waals surface area contributed by atoms with Gasteiger partial charge in [0.15, 0.2) is 11.5 Å². The molecule has 0 atom stereocenters. The first-order chi connectivity index (χ1) is 9.69. The van der Waals surface area contributed by atoms with Crippen LogP contribution in [0.25, 0.3) is 0 Å². The standard InChI is InChI=1S/C16H18O4/c1-11-7-5-6-8-13(11)20-12-9-14(17-2)16(19-4)15(10-12)18-3/h5-10H,1-4H3. The first-order valence-corrected chi connectivity index (χ1v) is 6.23. The molecule has 0 bridgehead atoms. The molecule has 0 heterocycles. The normalized spacial score (nSPS) is 10.0. The molecule has 0 saturated heterocycles. The number of ether oxygens (including phenoxy) is 4. The molecule has 0 saturated carbocycles. The number of hydrogen-bond donors (Lipinski definition) is 0. The summed E-state index contributed by atoms with van der Waals surface area (Å²) in [6.07, 6.45) is 0. The van der Waals surface area contributed by atoms with Gasteiger partial charge in [0.25, 0.3) is 0 Å². The fourth-order valence-corrected chi connectivity index (χ4v) is 1.91. The Balaban J connectivity index is 2.40. The molecule has 106 valence electrons. The zero-order valence-corrected chi connectivity index (χ0v) is 12.1. The molecule has 0 aromatic heterocycles. The van der Waals surface area contributed by atoms with Gasteiger partial charge in [-0.2, -0.15) is 0 Å². The van der Waals surface area contributed by atoms with Gasteiger partial charge in [0.1, 0.15) is 11.5 Å². The zero-order valence-electron chi connectivity index (χ0n) is 12.1. The van der Waals surface area contributed by atoms with Gasteiger partial charge in [-0.1, -0.05) is 18.2 Å². The van der Waals surface area contributed by atoms with Gasteiger partial charge in [-0.3, -0.25) is 0 Å². The van der Waals surface area contributed by atoms with Gasteiger partial charge >= 0.3 is 0 Å². The SMILES string of the molecule is COc1cc(Oc2ccccc2C)cc(OC)c1OC. The van der Waals surface area contributed by atoms with Gasteiger partial charge in [-0.25, -0.2) is 0 Å². The van der Waals surface area contributed by atoms with Gasteiger partial charge < -0.3 is 18.9 Å². The third-order valence-corrected chi connectivity index (χ3v) is 2.96. The van der Waals surface area contributed by atoms with E-state index in [1.807, 2.05) is 31.2 Å². The van der Waals surface area contributed by atoms with E-state index in [4.69, 9.17) is 18.9 Å². The molecule has 0 unspecified atom stereocenters. The van der Waals surface area contributed by atoms with Crippen LogP contribution in [0, 0.1) is 6.92 Å². The third-order valence-electron chi connectivity index (χ3n) is 2.96. The van der Waals surface area contributed by atoms with Crippen LogP contribution >= 0.6 is 0 Å². The topological polar surface area (TPSA) is 36.9 Å². The number of rotatable bonds is 5. The largest absolute Gasteiger partial charge is 0.493 e. The van der Waals surface area contributed by atoms with Crippen molar-refractivity contribution in [2.45, 2.75) is 6.92 Å². The molecule has 0 aliphatic carbocycles. The molecule has 20 heavy (non-hydrogen) atoms. The van der Waals surface area contributed by atoms with E-state index in [-0.39, 0.29) is 0 Å². The van der Waals surface area contributed by atoms with Crippen LogP contribution in [-0.2, 0) is 0 Å². The summed E-state index contributed by atoms with van der Waals surface area (Å²) in [5.74, 6) is 3.11. The number of aryl methyl sites for hydroxylation is 1.